The van der Waals surface area contributed by atoms with Crippen LogP contribution in [0.15, 0.2) is 65.0 Å². The van der Waals surface area contributed by atoms with E-state index in [-0.39, 0.29) is 37.3 Å². The molecule has 0 saturated carbocycles. The summed E-state index contributed by atoms with van der Waals surface area (Å²) in [4.78, 5) is 35.7. The van der Waals surface area contributed by atoms with Crippen LogP contribution in [0.5, 0.6) is 0 Å². The maximum absolute atomic E-state index is 13.3. The van der Waals surface area contributed by atoms with Crippen LogP contribution in [0, 0.1) is 0 Å². The lowest BCUT2D eigenvalue weighted by atomic mass is 10.00. The second-order valence-electron chi connectivity index (χ2n) is 8.84. The van der Waals surface area contributed by atoms with Crippen molar-refractivity contribution < 1.29 is 20.9 Å². The summed E-state index contributed by atoms with van der Waals surface area (Å²) in [6, 6.07) is 14.0. The highest BCUT2D eigenvalue weighted by Gasteiger charge is 2.34. The summed E-state index contributed by atoms with van der Waals surface area (Å²) in [5, 5.41) is 1.97. The Morgan fingerprint density at radius 2 is 1.89 bits per heavy atom. The number of carbonyl (C=O) groups is 2. The van der Waals surface area contributed by atoms with Crippen molar-refractivity contribution in [2.75, 3.05) is 40.7 Å². The molecule has 2 amide bonds. The van der Waals surface area contributed by atoms with Crippen LogP contribution in [-0.2, 0) is 26.0 Å². The summed E-state index contributed by atoms with van der Waals surface area (Å²) < 4.78 is 27.6. The van der Waals surface area contributed by atoms with Gasteiger partial charge in [0.25, 0.3) is 10.0 Å². The number of aryl methyl sites for hydroxylation is 1. The van der Waals surface area contributed by atoms with Gasteiger partial charge in [0.1, 0.15) is 12.6 Å². The number of hydrogen-bond donors (Lipinski definition) is 1. The Bertz CT molecular complexity index is 1370. The molecular weight excluding hydrogens is 498 g/mol. The van der Waals surface area contributed by atoms with E-state index in [2.05, 4.69) is 26.7 Å². The van der Waals surface area contributed by atoms with E-state index in [9.17, 15) is 18.0 Å². The third-order valence-electron chi connectivity index (χ3n) is 6.62. The fourth-order valence-corrected chi connectivity index (χ4v) is 6.54. The molecule has 5 rings (SSSR count). The van der Waals surface area contributed by atoms with Crippen molar-refractivity contribution in [3.8, 4) is 0 Å². The third-order valence-corrected chi connectivity index (χ3v) is 8.79. The molecule has 0 aliphatic carbocycles. The Morgan fingerprint density at radius 3 is 2.61 bits per heavy atom. The molecule has 36 heavy (non-hydrogen) atoms. The number of amides is 2. The number of aromatic nitrogens is 1. The minimum atomic E-state index is -3.77. The second kappa shape index (κ2) is 9.90. The summed E-state index contributed by atoms with van der Waals surface area (Å²) >= 11 is 1.19. The SMILES string of the molecule is C[C@H](C(=O)N1CCN(c2ccc(S(=O)(=O)Nc3nccs3)cc2)C(=O)C1)N1CCCc2ccccc21.[HH].[HH]. The van der Waals surface area contributed by atoms with E-state index >= 15 is 0 Å². The molecule has 1 atom stereocenters. The smallest absolute Gasteiger partial charge is 0.263 e. The average molecular weight is 530 g/mol. The predicted molar refractivity (Wildman–Crippen MR) is 144 cm³/mol. The van der Waals surface area contributed by atoms with Gasteiger partial charge >= 0.3 is 0 Å². The molecule has 0 radical (unpaired) electrons. The number of sulfonamides is 1. The van der Waals surface area contributed by atoms with Crippen LogP contribution < -0.4 is 14.5 Å². The zero-order chi connectivity index (χ0) is 25.3. The number of rotatable bonds is 6. The molecule has 9 nitrogen and oxygen atoms in total. The molecular formula is C25H31N5O4S2. The van der Waals surface area contributed by atoms with Crippen LogP contribution in [-0.4, -0.2) is 62.3 Å². The number of para-hydroxylation sites is 1. The van der Waals surface area contributed by atoms with E-state index in [4.69, 9.17) is 0 Å². The summed E-state index contributed by atoms with van der Waals surface area (Å²) in [6.07, 6.45) is 3.52. The molecule has 3 aromatic rings. The zero-order valence-corrected chi connectivity index (χ0v) is 21.5. The van der Waals surface area contributed by atoms with E-state index in [0.717, 1.165) is 25.1 Å². The molecule has 192 valence electrons. The lowest BCUT2D eigenvalue weighted by molar-refractivity contribution is -0.137. The van der Waals surface area contributed by atoms with Crippen LogP contribution in [0.4, 0.5) is 16.5 Å². The predicted octanol–water partition coefficient (Wildman–Crippen LogP) is 3.45. The number of hydrogen-bond acceptors (Lipinski definition) is 7. The minimum Gasteiger partial charge on any atom is -0.360 e. The Hall–Kier alpha value is -3.44. The number of benzene rings is 2. The molecule has 2 aliphatic heterocycles. The summed E-state index contributed by atoms with van der Waals surface area (Å²) in [5.74, 6) is -0.258. The van der Waals surface area contributed by atoms with Crippen LogP contribution in [0.25, 0.3) is 0 Å². The van der Waals surface area contributed by atoms with Crippen molar-refractivity contribution in [1.82, 2.24) is 9.88 Å². The molecule has 2 aromatic carbocycles. The fourth-order valence-electron chi connectivity index (χ4n) is 4.75. The number of anilines is 3. The number of nitrogens with one attached hydrogen (secondary N) is 1. The van der Waals surface area contributed by atoms with E-state index in [1.807, 2.05) is 19.1 Å². The number of carbonyl (C=O) groups excluding carboxylic acids is 2. The highest BCUT2D eigenvalue weighted by molar-refractivity contribution is 7.93. The van der Waals surface area contributed by atoms with Crippen molar-refractivity contribution in [3.63, 3.8) is 0 Å². The van der Waals surface area contributed by atoms with Gasteiger partial charge in [-0.2, -0.15) is 0 Å². The van der Waals surface area contributed by atoms with E-state index in [0.29, 0.717) is 18.8 Å². The first-order valence-corrected chi connectivity index (χ1v) is 14.2. The van der Waals surface area contributed by atoms with Gasteiger partial charge in [-0.3, -0.25) is 14.3 Å². The molecule has 1 saturated heterocycles. The molecule has 0 bridgehead atoms. The number of piperazine rings is 1. The average Bonchev–Trinajstić information content (AvgIpc) is 3.40. The van der Waals surface area contributed by atoms with E-state index < -0.39 is 10.0 Å². The monoisotopic (exact) mass is 529 g/mol. The maximum atomic E-state index is 13.3. The molecule has 0 unspecified atom stereocenters. The minimum absolute atomic E-state index is 0. The van der Waals surface area contributed by atoms with Gasteiger partial charge in [0.05, 0.1) is 4.90 Å². The van der Waals surface area contributed by atoms with Crippen LogP contribution in [0.1, 0.15) is 21.8 Å². The van der Waals surface area contributed by atoms with Crippen molar-refractivity contribution >= 4 is 49.7 Å². The molecule has 1 fully saturated rings. The van der Waals surface area contributed by atoms with Gasteiger partial charge in [0.15, 0.2) is 5.13 Å². The lowest BCUT2D eigenvalue weighted by Gasteiger charge is -2.40. The summed E-state index contributed by atoms with van der Waals surface area (Å²) in [7, 11) is -3.77. The molecule has 3 heterocycles. The normalized spacial score (nSPS) is 17.0. The van der Waals surface area contributed by atoms with Crippen LogP contribution >= 0.6 is 11.3 Å². The Labute approximate surface area is 217 Å². The highest BCUT2D eigenvalue weighted by atomic mass is 32.2. The van der Waals surface area contributed by atoms with Gasteiger partial charge < -0.3 is 14.7 Å². The van der Waals surface area contributed by atoms with Crippen molar-refractivity contribution in [2.45, 2.75) is 30.7 Å². The Kier molecular flexibility index (Phi) is 6.67. The number of fused-ring (bicyclic) bond motifs is 1. The van der Waals surface area contributed by atoms with Gasteiger partial charge in [-0.05, 0) is 55.7 Å². The highest BCUT2D eigenvalue weighted by Crippen LogP contribution is 2.29. The van der Waals surface area contributed by atoms with E-state index in [1.165, 1.54) is 35.2 Å². The van der Waals surface area contributed by atoms with Gasteiger partial charge in [-0.25, -0.2) is 13.4 Å². The van der Waals surface area contributed by atoms with Crippen molar-refractivity contribution in [3.05, 3.63) is 65.7 Å². The number of nitrogens with zero attached hydrogens (tertiary/aromatic N) is 4. The first kappa shape index (κ1) is 24.3. The maximum Gasteiger partial charge on any atom is 0.263 e. The molecule has 2 aliphatic rings. The Morgan fingerprint density at radius 1 is 1.11 bits per heavy atom. The summed E-state index contributed by atoms with van der Waals surface area (Å²) in [6.45, 7) is 3.46. The first-order valence-electron chi connectivity index (χ1n) is 11.8. The van der Waals surface area contributed by atoms with Crippen molar-refractivity contribution in [1.29, 1.82) is 0 Å². The molecule has 0 spiro atoms. The topological polar surface area (TPSA) is 103 Å². The van der Waals surface area contributed by atoms with Crippen molar-refractivity contribution in [2.24, 2.45) is 0 Å². The van der Waals surface area contributed by atoms with Crippen LogP contribution in [0.2, 0.25) is 0 Å². The largest absolute Gasteiger partial charge is 0.360 e. The molecule has 1 aromatic heterocycles. The fraction of sp³-hybridized carbons (Fsp3) is 0.320. The first-order chi connectivity index (χ1) is 17.3. The molecule has 11 heteroatoms. The van der Waals surface area contributed by atoms with E-state index in [1.54, 1.807) is 27.3 Å². The lowest BCUT2D eigenvalue weighted by Crippen LogP contribution is -2.57. The van der Waals surface area contributed by atoms with Crippen LogP contribution in [0.3, 0.4) is 0 Å². The van der Waals surface area contributed by atoms with Gasteiger partial charge in [-0.15, -0.1) is 11.3 Å². The van der Waals surface area contributed by atoms with Gasteiger partial charge in [0.2, 0.25) is 11.8 Å². The molecule has 1 N–H and O–H groups in total. The standard InChI is InChI=1S/C25H27N5O4S2.2H2/c1-18(29-13-4-6-19-5-2-3-7-22(19)29)24(32)28-14-15-30(23(31)17-28)20-8-10-21(11-9-20)36(33,34)27-25-26-12-16-35-25;;/h2-3,5,7-12,16,18H,4,6,13-15,17H2,1H3,(H,26,27);2*1H/t18-;;/m1../s1. The van der Waals surface area contributed by atoms with Gasteiger partial charge in [0, 0.05) is 45.4 Å². The quantitative estimate of drug-likeness (QED) is 0.525. The number of thiazole rings is 1. The zero-order valence-electron chi connectivity index (χ0n) is 19.8. The summed E-state index contributed by atoms with van der Waals surface area (Å²) in [5.41, 5.74) is 2.93. The second-order valence-corrected chi connectivity index (χ2v) is 11.4. The third kappa shape index (κ3) is 4.80. The Balaban J connectivity index is 0.00000200. The van der Waals surface area contributed by atoms with Gasteiger partial charge in [-0.1, -0.05) is 18.2 Å².